The van der Waals surface area contributed by atoms with Crippen molar-refractivity contribution in [3.8, 4) is 0 Å². The number of aromatic nitrogens is 4. The fourth-order valence-corrected chi connectivity index (χ4v) is 2.60. The molecular formula is C15H20N6O. The van der Waals surface area contributed by atoms with Crippen LogP contribution in [0.3, 0.4) is 0 Å². The second-order valence-corrected chi connectivity index (χ2v) is 5.81. The molecule has 7 nitrogen and oxygen atoms in total. The van der Waals surface area contributed by atoms with E-state index in [1.807, 2.05) is 26.0 Å². The lowest BCUT2D eigenvalue weighted by Crippen LogP contribution is -2.52. The molecule has 7 heteroatoms. The van der Waals surface area contributed by atoms with Crippen LogP contribution in [0, 0.1) is 19.8 Å². The summed E-state index contributed by atoms with van der Waals surface area (Å²) < 4.78 is 1.61. The van der Waals surface area contributed by atoms with Crippen LogP contribution in [0.1, 0.15) is 21.9 Å². The van der Waals surface area contributed by atoms with Crippen LogP contribution in [-0.4, -0.2) is 45.5 Å². The van der Waals surface area contributed by atoms with Crippen molar-refractivity contribution >= 4 is 11.7 Å². The standard InChI is InChI=1S/C15H20N6O/c1-10-4-5-14(18-17-10)21-8-12(9-21)7-16-15(22)13-6-11(2)19-20(13)3/h4-6,12H,7-9H2,1-3H3,(H,16,22). The van der Waals surface area contributed by atoms with Crippen LogP contribution in [-0.2, 0) is 7.05 Å². The first-order valence-electron chi connectivity index (χ1n) is 7.37. The zero-order valence-corrected chi connectivity index (χ0v) is 13.1. The van der Waals surface area contributed by atoms with E-state index in [0.717, 1.165) is 30.3 Å². The molecule has 0 spiro atoms. The highest BCUT2D eigenvalue weighted by Gasteiger charge is 2.28. The molecular weight excluding hydrogens is 280 g/mol. The highest BCUT2D eigenvalue weighted by atomic mass is 16.2. The van der Waals surface area contributed by atoms with Crippen molar-refractivity contribution in [2.45, 2.75) is 13.8 Å². The fourth-order valence-electron chi connectivity index (χ4n) is 2.60. The minimum atomic E-state index is -0.0725. The Morgan fingerprint density at radius 2 is 2.05 bits per heavy atom. The molecule has 3 rings (SSSR count). The van der Waals surface area contributed by atoms with E-state index < -0.39 is 0 Å². The van der Waals surface area contributed by atoms with Crippen molar-refractivity contribution in [2.75, 3.05) is 24.5 Å². The summed E-state index contributed by atoms with van der Waals surface area (Å²) >= 11 is 0. The third kappa shape index (κ3) is 2.93. The molecule has 22 heavy (non-hydrogen) atoms. The number of hydrogen-bond acceptors (Lipinski definition) is 5. The van der Waals surface area contributed by atoms with E-state index in [1.54, 1.807) is 17.8 Å². The van der Waals surface area contributed by atoms with E-state index in [9.17, 15) is 4.79 Å². The Balaban J connectivity index is 1.47. The molecule has 0 aromatic carbocycles. The molecule has 1 N–H and O–H groups in total. The molecule has 1 saturated heterocycles. The van der Waals surface area contributed by atoms with Crippen molar-refractivity contribution in [3.63, 3.8) is 0 Å². The van der Waals surface area contributed by atoms with Gasteiger partial charge in [0, 0.05) is 32.6 Å². The van der Waals surface area contributed by atoms with Gasteiger partial charge in [-0.25, -0.2) is 0 Å². The maximum atomic E-state index is 12.1. The summed E-state index contributed by atoms with van der Waals surface area (Å²) in [7, 11) is 1.78. The zero-order valence-electron chi connectivity index (χ0n) is 13.1. The Bertz CT molecular complexity index is 672. The van der Waals surface area contributed by atoms with E-state index in [2.05, 4.69) is 25.5 Å². The lowest BCUT2D eigenvalue weighted by atomic mass is 10.0. The topological polar surface area (TPSA) is 75.9 Å². The Morgan fingerprint density at radius 3 is 2.64 bits per heavy atom. The SMILES string of the molecule is Cc1ccc(N2CC(CNC(=O)c3cc(C)nn3C)C2)nn1. The molecule has 1 amide bonds. The van der Waals surface area contributed by atoms with E-state index in [4.69, 9.17) is 0 Å². The van der Waals surface area contributed by atoms with Crippen molar-refractivity contribution in [2.24, 2.45) is 13.0 Å². The van der Waals surface area contributed by atoms with Gasteiger partial charge in [-0.2, -0.15) is 10.2 Å². The van der Waals surface area contributed by atoms with E-state index in [-0.39, 0.29) is 5.91 Å². The normalized spacial score (nSPS) is 14.8. The summed E-state index contributed by atoms with van der Waals surface area (Å²) in [6.07, 6.45) is 0. The Hall–Kier alpha value is -2.44. The number of aryl methyl sites for hydroxylation is 3. The second-order valence-electron chi connectivity index (χ2n) is 5.81. The molecule has 0 unspecified atom stereocenters. The Morgan fingerprint density at radius 1 is 1.27 bits per heavy atom. The summed E-state index contributed by atoms with van der Waals surface area (Å²) in [6.45, 7) is 6.25. The van der Waals surface area contributed by atoms with Crippen molar-refractivity contribution in [3.05, 3.63) is 35.3 Å². The average Bonchev–Trinajstić information content (AvgIpc) is 2.77. The number of carbonyl (C=O) groups excluding carboxylic acids is 1. The maximum Gasteiger partial charge on any atom is 0.269 e. The first kappa shape index (κ1) is 14.5. The minimum absolute atomic E-state index is 0.0725. The van der Waals surface area contributed by atoms with Crippen LogP contribution < -0.4 is 10.2 Å². The predicted octanol–water partition coefficient (Wildman–Crippen LogP) is 0.693. The molecule has 3 heterocycles. The van der Waals surface area contributed by atoms with Gasteiger partial charge in [0.05, 0.1) is 11.4 Å². The van der Waals surface area contributed by atoms with Gasteiger partial charge in [0.1, 0.15) is 5.69 Å². The van der Waals surface area contributed by atoms with Gasteiger partial charge in [-0.05, 0) is 32.0 Å². The minimum Gasteiger partial charge on any atom is -0.354 e. The molecule has 0 radical (unpaired) electrons. The number of rotatable bonds is 4. The molecule has 0 aliphatic carbocycles. The molecule has 1 fully saturated rings. The van der Waals surface area contributed by atoms with E-state index >= 15 is 0 Å². The van der Waals surface area contributed by atoms with Gasteiger partial charge in [-0.1, -0.05) is 0 Å². The van der Waals surface area contributed by atoms with Crippen LogP contribution in [0.15, 0.2) is 18.2 Å². The number of nitrogens with zero attached hydrogens (tertiary/aromatic N) is 5. The summed E-state index contributed by atoms with van der Waals surface area (Å²) in [5, 5.41) is 15.4. The lowest BCUT2D eigenvalue weighted by Gasteiger charge is -2.39. The highest BCUT2D eigenvalue weighted by molar-refractivity contribution is 5.92. The molecule has 0 bridgehead atoms. The summed E-state index contributed by atoms with van der Waals surface area (Å²) in [4.78, 5) is 14.3. The van der Waals surface area contributed by atoms with E-state index in [0.29, 0.717) is 18.2 Å². The highest BCUT2D eigenvalue weighted by Crippen LogP contribution is 2.21. The van der Waals surface area contributed by atoms with Crippen LogP contribution in [0.5, 0.6) is 0 Å². The van der Waals surface area contributed by atoms with Crippen LogP contribution in [0.25, 0.3) is 0 Å². The monoisotopic (exact) mass is 300 g/mol. The number of carbonyl (C=O) groups is 1. The number of hydrogen-bond donors (Lipinski definition) is 1. The molecule has 1 aliphatic rings. The van der Waals surface area contributed by atoms with Crippen LogP contribution in [0.4, 0.5) is 5.82 Å². The molecule has 0 saturated carbocycles. The molecule has 1 aliphatic heterocycles. The van der Waals surface area contributed by atoms with Crippen molar-refractivity contribution in [1.82, 2.24) is 25.3 Å². The fraction of sp³-hybridized carbons (Fsp3) is 0.467. The van der Waals surface area contributed by atoms with Gasteiger partial charge in [0.2, 0.25) is 0 Å². The van der Waals surface area contributed by atoms with Gasteiger partial charge in [0.25, 0.3) is 5.91 Å². The molecule has 2 aromatic rings. The first-order chi connectivity index (χ1) is 10.5. The number of anilines is 1. The quantitative estimate of drug-likeness (QED) is 0.899. The summed E-state index contributed by atoms with van der Waals surface area (Å²) in [6, 6.07) is 5.74. The molecule has 0 atom stereocenters. The van der Waals surface area contributed by atoms with Gasteiger partial charge in [0.15, 0.2) is 5.82 Å². The van der Waals surface area contributed by atoms with Crippen molar-refractivity contribution in [1.29, 1.82) is 0 Å². The largest absolute Gasteiger partial charge is 0.354 e. The van der Waals surface area contributed by atoms with Gasteiger partial charge in [-0.3, -0.25) is 9.48 Å². The smallest absolute Gasteiger partial charge is 0.269 e. The third-order valence-electron chi connectivity index (χ3n) is 3.85. The number of amides is 1. The number of nitrogens with one attached hydrogen (secondary N) is 1. The van der Waals surface area contributed by atoms with Gasteiger partial charge in [-0.15, -0.1) is 5.10 Å². The first-order valence-corrected chi connectivity index (χ1v) is 7.37. The van der Waals surface area contributed by atoms with Crippen LogP contribution >= 0.6 is 0 Å². The summed E-state index contributed by atoms with van der Waals surface area (Å²) in [5.74, 6) is 1.27. The van der Waals surface area contributed by atoms with Gasteiger partial charge >= 0.3 is 0 Å². The average molecular weight is 300 g/mol. The zero-order chi connectivity index (χ0) is 15.7. The summed E-state index contributed by atoms with van der Waals surface area (Å²) in [5.41, 5.74) is 2.36. The van der Waals surface area contributed by atoms with E-state index in [1.165, 1.54) is 0 Å². The third-order valence-corrected chi connectivity index (χ3v) is 3.85. The molecule has 2 aromatic heterocycles. The maximum absolute atomic E-state index is 12.1. The van der Waals surface area contributed by atoms with Crippen LogP contribution in [0.2, 0.25) is 0 Å². The Labute approximate surface area is 129 Å². The Kier molecular flexibility index (Phi) is 3.79. The lowest BCUT2D eigenvalue weighted by molar-refractivity contribution is 0.0935. The second kappa shape index (κ2) is 5.75. The van der Waals surface area contributed by atoms with Gasteiger partial charge < -0.3 is 10.2 Å². The molecule has 116 valence electrons. The predicted molar refractivity (Wildman–Crippen MR) is 82.8 cm³/mol. The van der Waals surface area contributed by atoms with Crippen molar-refractivity contribution < 1.29 is 4.79 Å².